The highest BCUT2D eigenvalue weighted by atomic mass is 15.2. The van der Waals surface area contributed by atoms with E-state index in [9.17, 15) is 0 Å². The highest BCUT2D eigenvalue weighted by Crippen LogP contribution is 2.18. The van der Waals surface area contributed by atoms with Gasteiger partial charge in [0.25, 0.3) is 0 Å². The predicted octanol–water partition coefficient (Wildman–Crippen LogP) is 2.32. The number of benzene rings is 1. The van der Waals surface area contributed by atoms with Gasteiger partial charge in [0, 0.05) is 25.7 Å². The van der Waals surface area contributed by atoms with Crippen LogP contribution in [-0.2, 0) is 13.1 Å². The standard InChI is InChI=1S/C17H29N3/c1-4-20-11-5-6-17(20)14-19(3)13-16-9-7-15(8-10-16)12-18-2/h7-10,17-18H,4-6,11-14H2,1-3H3. The molecule has 1 saturated heterocycles. The van der Waals surface area contributed by atoms with E-state index in [0.717, 1.165) is 19.1 Å². The molecule has 0 aliphatic carbocycles. The highest BCUT2D eigenvalue weighted by molar-refractivity contribution is 5.22. The fraction of sp³-hybridized carbons (Fsp3) is 0.647. The number of likely N-dealkylation sites (tertiary alicyclic amines) is 1. The number of nitrogens with one attached hydrogen (secondary N) is 1. The molecule has 2 rings (SSSR count). The van der Waals surface area contributed by atoms with Gasteiger partial charge < -0.3 is 10.2 Å². The molecule has 0 aromatic heterocycles. The van der Waals surface area contributed by atoms with E-state index in [-0.39, 0.29) is 0 Å². The van der Waals surface area contributed by atoms with Crippen LogP contribution in [0.4, 0.5) is 0 Å². The molecule has 1 aromatic carbocycles. The number of hydrogen-bond acceptors (Lipinski definition) is 3. The van der Waals surface area contributed by atoms with Crippen LogP contribution in [0.3, 0.4) is 0 Å². The quantitative estimate of drug-likeness (QED) is 0.824. The molecule has 1 atom stereocenters. The van der Waals surface area contributed by atoms with E-state index in [4.69, 9.17) is 0 Å². The van der Waals surface area contributed by atoms with Gasteiger partial charge in [0.1, 0.15) is 0 Å². The van der Waals surface area contributed by atoms with Crippen molar-refractivity contribution in [2.75, 3.05) is 33.7 Å². The van der Waals surface area contributed by atoms with Crippen molar-refractivity contribution >= 4 is 0 Å². The summed E-state index contributed by atoms with van der Waals surface area (Å²) >= 11 is 0. The van der Waals surface area contributed by atoms with Gasteiger partial charge in [0.2, 0.25) is 0 Å². The minimum absolute atomic E-state index is 0.758. The third-order valence-corrected chi connectivity index (χ3v) is 4.28. The molecule has 0 amide bonds. The molecule has 1 fully saturated rings. The maximum absolute atomic E-state index is 3.19. The van der Waals surface area contributed by atoms with E-state index >= 15 is 0 Å². The number of hydrogen-bond donors (Lipinski definition) is 1. The summed E-state index contributed by atoms with van der Waals surface area (Å²) in [6.45, 7) is 7.94. The molecule has 0 radical (unpaired) electrons. The molecule has 1 unspecified atom stereocenters. The van der Waals surface area contributed by atoms with Crippen LogP contribution in [0.25, 0.3) is 0 Å². The first-order chi connectivity index (χ1) is 9.72. The SMILES string of the molecule is CCN1CCCC1CN(C)Cc1ccc(CNC)cc1. The van der Waals surface area contributed by atoms with Crippen molar-refractivity contribution in [1.82, 2.24) is 15.1 Å². The molecule has 0 saturated carbocycles. The Bertz CT molecular complexity index is 388. The van der Waals surface area contributed by atoms with Gasteiger partial charge >= 0.3 is 0 Å². The Morgan fingerprint density at radius 3 is 2.60 bits per heavy atom. The van der Waals surface area contributed by atoms with Crippen molar-refractivity contribution in [3.8, 4) is 0 Å². The lowest BCUT2D eigenvalue weighted by molar-refractivity contribution is 0.195. The molecule has 1 aliphatic rings. The van der Waals surface area contributed by atoms with Crippen LogP contribution >= 0.6 is 0 Å². The van der Waals surface area contributed by atoms with Gasteiger partial charge in [0.15, 0.2) is 0 Å². The normalized spacial score (nSPS) is 19.9. The average Bonchev–Trinajstić information content (AvgIpc) is 2.88. The predicted molar refractivity (Wildman–Crippen MR) is 85.8 cm³/mol. The first-order valence-electron chi connectivity index (χ1n) is 7.88. The van der Waals surface area contributed by atoms with E-state index in [0.29, 0.717) is 0 Å². The summed E-state index contributed by atoms with van der Waals surface area (Å²) in [6, 6.07) is 9.74. The van der Waals surface area contributed by atoms with Crippen molar-refractivity contribution in [3.63, 3.8) is 0 Å². The van der Waals surface area contributed by atoms with Crippen LogP contribution in [0.5, 0.6) is 0 Å². The van der Waals surface area contributed by atoms with Crippen LogP contribution in [0.15, 0.2) is 24.3 Å². The van der Waals surface area contributed by atoms with Gasteiger partial charge in [-0.2, -0.15) is 0 Å². The van der Waals surface area contributed by atoms with Crippen LogP contribution < -0.4 is 5.32 Å². The summed E-state index contributed by atoms with van der Waals surface area (Å²) < 4.78 is 0. The molecule has 1 N–H and O–H groups in total. The second-order valence-electron chi connectivity index (χ2n) is 5.97. The first-order valence-corrected chi connectivity index (χ1v) is 7.88. The smallest absolute Gasteiger partial charge is 0.0231 e. The van der Waals surface area contributed by atoms with E-state index in [1.54, 1.807) is 0 Å². The van der Waals surface area contributed by atoms with Gasteiger partial charge in [0.05, 0.1) is 0 Å². The molecule has 20 heavy (non-hydrogen) atoms. The minimum atomic E-state index is 0.758. The molecular weight excluding hydrogens is 246 g/mol. The third-order valence-electron chi connectivity index (χ3n) is 4.28. The lowest BCUT2D eigenvalue weighted by atomic mass is 10.1. The monoisotopic (exact) mass is 275 g/mol. The average molecular weight is 275 g/mol. The van der Waals surface area contributed by atoms with Crippen LogP contribution in [0.1, 0.15) is 30.9 Å². The van der Waals surface area contributed by atoms with E-state index in [2.05, 4.69) is 53.4 Å². The van der Waals surface area contributed by atoms with Gasteiger partial charge in [-0.15, -0.1) is 0 Å². The fourth-order valence-corrected chi connectivity index (χ4v) is 3.22. The van der Waals surface area contributed by atoms with Crippen LogP contribution in [-0.4, -0.2) is 49.6 Å². The summed E-state index contributed by atoms with van der Waals surface area (Å²) in [4.78, 5) is 5.08. The zero-order chi connectivity index (χ0) is 14.4. The van der Waals surface area contributed by atoms with E-state index in [1.807, 2.05) is 7.05 Å². The lowest BCUT2D eigenvalue weighted by Gasteiger charge is -2.27. The molecule has 0 spiro atoms. The maximum Gasteiger partial charge on any atom is 0.0231 e. The Labute approximate surface area is 124 Å². The van der Waals surface area contributed by atoms with Gasteiger partial charge in [-0.05, 0) is 51.2 Å². The fourth-order valence-electron chi connectivity index (χ4n) is 3.22. The topological polar surface area (TPSA) is 18.5 Å². The Kier molecular flexibility index (Phi) is 6.02. The van der Waals surface area contributed by atoms with Crippen molar-refractivity contribution in [2.45, 2.75) is 38.9 Å². The summed E-state index contributed by atoms with van der Waals surface area (Å²) in [5.41, 5.74) is 2.76. The summed E-state index contributed by atoms with van der Waals surface area (Å²) in [6.07, 6.45) is 2.73. The number of nitrogens with zero attached hydrogens (tertiary/aromatic N) is 2. The Morgan fingerprint density at radius 2 is 1.95 bits per heavy atom. The highest BCUT2D eigenvalue weighted by Gasteiger charge is 2.23. The number of rotatable bonds is 7. The van der Waals surface area contributed by atoms with Crippen LogP contribution in [0, 0.1) is 0 Å². The van der Waals surface area contributed by atoms with E-state index in [1.165, 1.54) is 43.6 Å². The van der Waals surface area contributed by atoms with Gasteiger partial charge in [-0.1, -0.05) is 31.2 Å². The summed E-state index contributed by atoms with van der Waals surface area (Å²) in [7, 11) is 4.23. The third kappa shape index (κ3) is 4.30. The van der Waals surface area contributed by atoms with Crippen molar-refractivity contribution in [2.24, 2.45) is 0 Å². The van der Waals surface area contributed by atoms with Gasteiger partial charge in [-0.25, -0.2) is 0 Å². The Balaban J connectivity index is 1.83. The Hall–Kier alpha value is -0.900. The zero-order valence-corrected chi connectivity index (χ0v) is 13.2. The Morgan fingerprint density at radius 1 is 1.25 bits per heavy atom. The summed E-state index contributed by atoms with van der Waals surface area (Å²) in [5.74, 6) is 0. The lowest BCUT2D eigenvalue weighted by Crippen LogP contribution is -2.38. The van der Waals surface area contributed by atoms with Crippen molar-refractivity contribution in [1.29, 1.82) is 0 Å². The number of likely N-dealkylation sites (N-methyl/N-ethyl adjacent to an activating group) is 2. The maximum atomic E-state index is 3.19. The minimum Gasteiger partial charge on any atom is -0.316 e. The molecular formula is C17H29N3. The molecule has 0 bridgehead atoms. The summed E-state index contributed by atoms with van der Waals surface area (Å²) in [5, 5.41) is 3.19. The second-order valence-corrected chi connectivity index (χ2v) is 5.97. The second kappa shape index (κ2) is 7.77. The van der Waals surface area contributed by atoms with Gasteiger partial charge in [-0.3, -0.25) is 4.90 Å². The molecule has 3 heteroatoms. The zero-order valence-electron chi connectivity index (χ0n) is 13.2. The van der Waals surface area contributed by atoms with E-state index < -0.39 is 0 Å². The molecule has 3 nitrogen and oxygen atoms in total. The molecule has 1 heterocycles. The largest absolute Gasteiger partial charge is 0.316 e. The molecule has 1 aromatic rings. The van der Waals surface area contributed by atoms with Crippen molar-refractivity contribution in [3.05, 3.63) is 35.4 Å². The molecule has 1 aliphatic heterocycles. The van der Waals surface area contributed by atoms with Crippen molar-refractivity contribution < 1.29 is 0 Å². The first kappa shape index (κ1) is 15.5. The molecule has 112 valence electrons. The van der Waals surface area contributed by atoms with Crippen LogP contribution in [0.2, 0.25) is 0 Å².